The van der Waals surface area contributed by atoms with E-state index < -0.39 is 0 Å². The Bertz CT molecular complexity index is 2780. The Hall–Kier alpha value is -6.37. The minimum atomic E-state index is 0.893. The largest absolute Gasteiger partial charge is 0.254 e. The van der Waals surface area contributed by atoms with E-state index in [-0.39, 0.29) is 0 Å². The SMILES string of the molecule is c1ccc2c(-c3c4ccc5ccccc5c4nc4c3ccc3ccccc34)cc(-c3ccc4ccc5cccnc5c4n3)cc2c#1. The van der Waals surface area contributed by atoms with Crippen molar-refractivity contribution in [2.24, 2.45) is 0 Å². The summed E-state index contributed by atoms with van der Waals surface area (Å²) in [5, 5.41) is 11.1. The average Bonchev–Trinajstić information content (AvgIpc) is 3.13. The molecule has 3 heterocycles. The number of benzene rings is 6. The minimum Gasteiger partial charge on any atom is -0.254 e. The number of pyridine rings is 3. The lowest BCUT2D eigenvalue weighted by atomic mass is 9.88. The monoisotopic (exact) mass is 581 g/mol. The van der Waals surface area contributed by atoms with Gasteiger partial charge in [0, 0.05) is 55.0 Å². The summed E-state index contributed by atoms with van der Waals surface area (Å²) in [7, 11) is 0. The van der Waals surface area contributed by atoms with Gasteiger partial charge in [0.1, 0.15) is 0 Å². The first kappa shape index (κ1) is 25.0. The van der Waals surface area contributed by atoms with Gasteiger partial charge >= 0.3 is 0 Å². The smallest absolute Gasteiger partial charge is 0.0972 e. The van der Waals surface area contributed by atoms with E-state index in [9.17, 15) is 0 Å². The van der Waals surface area contributed by atoms with Crippen LogP contribution in [-0.2, 0) is 0 Å². The van der Waals surface area contributed by atoms with Crippen LogP contribution in [0.5, 0.6) is 0 Å². The second-order valence-electron chi connectivity index (χ2n) is 11.8. The van der Waals surface area contributed by atoms with Gasteiger partial charge in [0.2, 0.25) is 0 Å². The van der Waals surface area contributed by atoms with Crippen LogP contribution in [-0.4, -0.2) is 15.0 Å². The van der Waals surface area contributed by atoms with Gasteiger partial charge in [0.05, 0.1) is 27.8 Å². The molecule has 0 radical (unpaired) electrons. The third kappa shape index (κ3) is 3.65. The molecule has 0 aliphatic carbocycles. The van der Waals surface area contributed by atoms with E-state index in [2.05, 4.69) is 133 Å². The highest BCUT2D eigenvalue weighted by molar-refractivity contribution is 6.23. The van der Waals surface area contributed by atoms with Gasteiger partial charge in [0.25, 0.3) is 0 Å². The van der Waals surface area contributed by atoms with Crippen molar-refractivity contribution in [2.45, 2.75) is 0 Å². The summed E-state index contributed by atoms with van der Waals surface area (Å²) < 4.78 is 0. The fourth-order valence-corrected chi connectivity index (χ4v) is 7.12. The van der Waals surface area contributed by atoms with E-state index in [4.69, 9.17) is 15.0 Å². The molecule has 10 aromatic rings. The molecule has 10 rings (SSSR count). The summed E-state index contributed by atoms with van der Waals surface area (Å²) in [6.07, 6.45) is 1.84. The van der Waals surface area contributed by atoms with Crippen LogP contribution >= 0.6 is 0 Å². The van der Waals surface area contributed by atoms with Gasteiger partial charge in [-0.1, -0.05) is 109 Å². The predicted molar refractivity (Wildman–Crippen MR) is 191 cm³/mol. The third-order valence-corrected chi connectivity index (χ3v) is 9.28. The minimum absolute atomic E-state index is 0.893. The van der Waals surface area contributed by atoms with Gasteiger partial charge in [-0.2, -0.15) is 0 Å². The Morgan fingerprint density at radius 3 is 1.87 bits per heavy atom. The molecule has 0 fully saturated rings. The lowest BCUT2D eigenvalue weighted by molar-refractivity contribution is 1.37. The van der Waals surface area contributed by atoms with Crippen LogP contribution in [0.2, 0.25) is 0 Å². The molecule has 0 aliphatic heterocycles. The average molecular weight is 582 g/mol. The van der Waals surface area contributed by atoms with E-state index in [1.807, 2.05) is 18.3 Å². The van der Waals surface area contributed by atoms with Crippen LogP contribution in [0, 0.1) is 12.1 Å². The molecule has 0 saturated carbocycles. The van der Waals surface area contributed by atoms with Crippen LogP contribution < -0.4 is 0 Å². The number of aromatic nitrogens is 3. The van der Waals surface area contributed by atoms with E-state index in [1.165, 1.54) is 10.8 Å². The molecule has 46 heavy (non-hydrogen) atoms. The highest BCUT2D eigenvalue weighted by Crippen LogP contribution is 2.43. The maximum absolute atomic E-state index is 5.41. The summed E-state index contributed by atoms with van der Waals surface area (Å²) in [5.74, 6) is 0. The molecule has 3 nitrogen and oxygen atoms in total. The zero-order chi connectivity index (χ0) is 30.2. The highest BCUT2D eigenvalue weighted by Gasteiger charge is 2.19. The van der Waals surface area contributed by atoms with Gasteiger partial charge in [-0.25, -0.2) is 9.97 Å². The van der Waals surface area contributed by atoms with Crippen LogP contribution in [0.4, 0.5) is 0 Å². The summed E-state index contributed by atoms with van der Waals surface area (Å²) in [4.78, 5) is 15.3. The third-order valence-electron chi connectivity index (χ3n) is 9.28. The van der Waals surface area contributed by atoms with Crippen molar-refractivity contribution in [3.63, 3.8) is 0 Å². The second-order valence-corrected chi connectivity index (χ2v) is 11.8. The number of hydrogen-bond acceptors (Lipinski definition) is 3. The maximum Gasteiger partial charge on any atom is 0.0972 e. The van der Waals surface area contributed by atoms with Crippen molar-refractivity contribution in [1.82, 2.24) is 15.0 Å². The zero-order valence-corrected chi connectivity index (χ0v) is 24.6. The fourth-order valence-electron chi connectivity index (χ4n) is 7.12. The van der Waals surface area contributed by atoms with Crippen molar-refractivity contribution >= 4 is 75.9 Å². The number of hydrogen-bond donors (Lipinski definition) is 0. The Morgan fingerprint density at radius 1 is 0.457 bits per heavy atom. The normalized spacial score (nSPS) is 11.7. The molecule has 210 valence electrons. The van der Waals surface area contributed by atoms with Crippen molar-refractivity contribution in [3.05, 3.63) is 152 Å². The van der Waals surface area contributed by atoms with E-state index in [0.717, 1.165) is 87.5 Å². The predicted octanol–water partition coefficient (Wildman–Crippen LogP) is 10.9. The molecule has 0 spiro atoms. The van der Waals surface area contributed by atoms with Crippen molar-refractivity contribution in [2.75, 3.05) is 0 Å². The van der Waals surface area contributed by atoms with Crippen molar-refractivity contribution in [1.29, 1.82) is 0 Å². The molecule has 0 aliphatic rings. The van der Waals surface area contributed by atoms with Crippen LogP contribution in [0.3, 0.4) is 0 Å². The molecule has 7 aromatic carbocycles. The second kappa shape index (κ2) is 9.56. The van der Waals surface area contributed by atoms with Gasteiger partial charge in [0.15, 0.2) is 0 Å². The van der Waals surface area contributed by atoms with Crippen LogP contribution in [0.1, 0.15) is 0 Å². The topological polar surface area (TPSA) is 38.7 Å². The summed E-state index contributed by atoms with van der Waals surface area (Å²) in [6.45, 7) is 0. The molecule has 0 bridgehead atoms. The molecule has 0 atom stereocenters. The van der Waals surface area contributed by atoms with Crippen molar-refractivity contribution < 1.29 is 0 Å². The molecule has 3 aromatic heterocycles. The Kier molecular flexibility index (Phi) is 5.20. The number of nitrogens with zero attached hydrogens (tertiary/aromatic N) is 3. The molecule has 0 N–H and O–H groups in total. The molecule has 0 amide bonds. The first-order valence-corrected chi connectivity index (χ1v) is 15.4. The van der Waals surface area contributed by atoms with Crippen LogP contribution in [0.25, 0.3) is 98.3 Å². The molecular weight excluding hydrogens is 558 g/mol. The number of fused-ring (bicyclic) bond motifs is 10. The quantitative estimate of drug-likeness (QED) is 0.151. The Balaban J connectivity index is 1.35. The van der Waals surface area contributed by atoms with Gasteiger partial charge in [-0.3, -0.25) is 4.98 Å². The Morgan fingerprint density at radius 2 is 1.11 bits per heavy atom. The molecule has 3 heteroatoms. The summed E-state index contributed by atoms with van der Waals surface area (Å²) in [6, 6.07) is 53.7. The number of rotatable bonds is 2. The highest BCUT2D eigenvalue weighted by atomic mass is 14.8. The van der Waals surface area contributed by atoms with E-state index >= 15 is 0 Å². The van der Waals surface area contributed by atoms with E-state index in [0.29, 0.717) is 0 Å². The fraction of sp³-hybridized carbons (Fsp3) is 0. The maximum atomic E-state index is 5.41. The van der Waals surface area contributed by atoms with E-state index in [1.54, 1.807) is 0 Å². The van der Waals surface area contributed by atoms with Gasteiger partial charge in [-0.15, -0.1) is 0 Å². The van der Waals surface area contributed by atoms with Crippen molar-refractivity contribution in [3.8, 4) is 22.4 Å². The summed E-state index contributed by atoms with van der Waals surface area (Å²) in [5.41, 5.74) is 8.02. The first-order chi connectivity index (χ1) is 22.8. The Labute approximate surface area is 264 Å². The lowest BCUT2D eigenvalue weighted by Gasteiger charge is -2.17. The molecular formula is C43H23N3. The van der Waals surface area contributed by atoms with Gasteiger partial charge < -0.3 is 0 Å². The van der Waals surface area contributed by atoms with Crippen LogP contribution in [0.15, 0.2) is 140 Å². The molecule has 0 unspecified atom stereocenters. The summed E-state index contributed by atoms with van der Waals surface area (Å²) >= 11 is 0. The van der Waals surface area contributed by atoms with Gasteiger partial charge in [-0.05, 0) is 58.1 Å². The molecule has 0 saturated heterocycles. The lowest BCUT2D eigenvalue weighted by Crippen LogP contribution is -1.94. The first-order valence-electron chi connectivity index (χ1n) is 15.4. The zero-order valence-electron chi connectivity index (χ0n) is 24.6. The standard InChI is InChI=1S/C43H23N3/c1-5-13-33-26(8-1)17-20-35-39(36-21-18-27-9-2-6-14-34(27)43(36)46-42(33)35)37-25-31(24-30-10-3-4-12-32(30)37)38-22-19-29-16-15-28-11-7-23-44-40(28)41(29)45-38/h1-2,4-9,11-25H.